The van der Waals surface area contributed by atoms with Gasteiger partial charge in [-0.1, -0.05) is 77.5 Å². The van der Waals surface area contributed by atoms with Gasteiger partial charge >= 0.3 is 0 Å². The van der Waals surface area contributed by atoms with Crippen LogP contribution in [-0.2, 0) is 17.9 Å². The molecule has 0 aliphatic carbocycles. The van der Waals surface area contributed by atoms with Crippen molar-refractivity contribution in [3.63, 3.8) is 0 Å². The zero-order valence-corrected chi connectivity index (χ0v) is 20.6. The largest absolute Gasteiger partial charge is 0.486 e. The van der Waals surface area contributed by atoms with Gasteiger partial charge in [-0.15, -0.1) is 10.2 Å². The van der Waals surface area contributed by atoms with Gasteiger partial charge in [0, 0.05) is 10.7 Å². The van der Waals surface area contributed by atoms with Crippen molar-refractivity contribution in [1.29, 1.82) is 0 Å². The molecule has 0 saturated carbocycles. The number of rotatable bonds is 9. The molecule has 0 radical (unpaired) electrons. The third-order valence-electron chi connectivity index (χ3n) is 5.15. The lowest BCUT2D eigenvalue weighted by molar-refractivity contribution is -0.113. The number of amides is 1. The van der Waals surface area contributed by atoms with E-state index in [1.807, 2.05) is 85.1 Å². The first-order valence-corrected chi connectivity index (χ1v) is 12.2. The average Bonchev–Trinajstić information content (AvgIpc) is 3.21. The van der Waals surface area contributed by atoms with E-state index in [4.69, 9.17) is 16.3 Å². The van der Waals surface area contributed by atoms with E-state index in [0.29, 0.717) is 28.2 Å². The van der Waals surface area contributed by atoms with Crippen molar-refractivity contribution >= 4 is 35.0 Å². The third kappa shape index (κ3) is 6.40. The van der Waals surface area contributed by atoms with Crippen LogP contribution in [0.4, 0.5) is 5.69 Å². The zero-order valence-electron chi connectivity index (χ0n) is 19.0. The van der Waals surface area contributed by atoms with Crippen LogP contribution in [0.15, 0.2) is 78.0 Å². The van der Waals surface area contributed by atoms with Gasteiger partial charge < -0.3 is 10.1 Å². The SMILES string of the molecule is Cc1ccc(OCc2nnc(SCC(=O)Nc3ccc(C)c(Cl)c3)n2Cc2ccccc2)cc1. The normalized spacial score (nSPS) is 10.8. The van der Waals surface area contributed by atoms with Gasteiger partial charge in [-0.05, 0) is 49.2 Å². The highest BCUT2D eigenvalue weighted by atomic mass is 35.5. The second kappa shape index (κ2) is 11.2. The van der Waals surface area contributed by atoms with E-state index >= 15 is 0 Å². The molecule has 0 unspecified atom stereocenters. The van der Waals surface area contributed by atoms with Crippen molar-refractivity contribution in [3.05, 3.63) is 100 Å². The average molecular weight is 493 g/mol. The van der Waals surface area contributed by atoms with E-state index in [-0.39, 0.29) is 18.3 Å². The quantitative estimate of drug-likeness (QED) is 0.294. The minimum absolute atomic E-state index is 0.142. The lowest BCUT2D eigenvalue weighted by atomic mass is 10.2. The topological polar surface area (TPSA) is 69.0 Å². The molecule has 0 spiro atoms. The summed E-state index contributed by atoms with van der Waals surface area (Å²) in [6.07, 6.45) is 0. The molecule has 34 heavy (non-hydrogen) atoms. The Bertz CT molecular complexity index is 1260. The van der Waals surface area contributed by atoms with Gasteiger partial charge in [-0.3, -0.25) is 9.36 Å². The number of ether oxygens (including phenoxy) is 1. The van der Waals surface area contributed by atoms with Crippen molar-refractivity contribution < 1.29 is 9.53 Å². The number of aryl methyl sites for hydroxylation is 2. The van der Waals surface area contributed by atoms with Crippen LogP contribution in [0.1, 0.15) is 22.5 Å². The van der Waals surface area contributed by atoms with Crippen LogP contribution in [0.5, 0.6) is 5.75 Å². The Balaban J connectivity index is 1.46. The number of anilines is 1. The Morgan fingerprint density at radius 1 is 1.03 bits per heavy atom. The maximum absolute atomic E-state index is 12.5. The molecule has 4 aromatic rings. The Morgan fingerprint density at radius 2 is 1.79 bits per heavy atom. The van der Waals surface area contributed by atoms with Crippen LogP contribution in [0.25, 0.3) is 0 Å². The molecule has 0 aliphatic rings. The number of hydrogen-bond donors (Lipinski definition) is 1. The van der Waals surface area contributed by atoms with Gasteiger partial charge in [0.05, 0.1) is 12.3 Å². The lowest BCUT2D eigenvalue weighted by Gasteiger charge is -2.12. The van der Waals surface area contributed by atoms with Crippen molar-refractivity contribution in [2.75, 3.05) is 11.1 Å². The van der Waals surface area contributed by atoms with Gasteiger partial charge in [0.2, 0.25) is 5.91 Å². The molecular formula is C26H25ClN4O2S. The maximum Gasteiger partial charge on any atom is 0.234 e. The minimum atomic E-state index is -0.142. The van der Waals surface area contributed by atoms with Crippen molar-refractivity contribution in [2.24, 2.45) is 0 Å². The summed E-state index contributed by atoms with van der Waals surface area (Å²) < 4.78 is 7.93. The number of halogens is 1. The summed E-state index contributed by atoms with van der Waals surface area (Å²) >= 11 is 7.50. The van der Waals surface area contributed by atoms with Gasteiger partial charge in [0.15, 0.2) is 11.0 Å². The molecule has 0 atom stereocenters. The van der Waals surface area contributed by atoms with E-state index in [2.05, 4.69) is 15.5 Å². The monoisotopic (exact) mass is 492 g/mol. The predicted octanol–water partition coefficient (Wildman–Crippen LogP) is 5.91. The maximum atomic E-state index is 12.5. The molecule has 1 amide bonds. The molecule has 0 aliphatic heterocycles. The molecule has 4 rings (SSSR count). The highest BCUT2D eigenvalue weighted by Crippen LogP contribution is 2.23. The van der Waals surface area contributed by atoms with E-state index in [0.717, 1.165) is 16.9 Å². The van der Waals surface area contributed by atoms with E-state index in [1.165, 1.54) is 17.3 Å². The van der Waals surface area contributed by atoms with Gasteiger partial charge in [-0.25, -0.2) is 0 Å². The van der Waals surface area contributed by atoms with Crippen LogP contribution in [0, 0.1) is 13.8 Å². The highest BCUT2D eigenvalue weighted by Gasteiger charge is 2.16. The molecule has 3 aromatic carbocycles. The van der Waals surface area contributed by atoms with E-state index in [9.17, 15) is 4.79 Å². The Kier molecular flexibility index (Phi) is 7.87. The minimum Gasteiger partial charge on any atom is -0.486 e. The number of nitrogens with one attached hydrogen (secondary N) is 1. The Hall–Kier alpha value is -3.29. The number of aromatic nitrogens is 3. The third-order valence-corrected chi connectivity index (χ3v) is 6.53. The van der Waals surface area contributed by atoms with Crippen LogP contribution in [0.3, 0.4) is 0 Å². The van der Waals surface area contributed by atoms with E-state index in [1.54, 1.807) is 6.07 Å². The summed E-state index contributed by atoms with van der Waals surface area (Å²) in [4.78, 5) is 12.5. The van der Waals surface area contributed by atoms with Gasteiger partial charge in [0.1, 0.15) is 12.4 Å². The van der Waals surface area contributed by atoms with E-state index < -0.39 is 0 Å². The second-order valence-electron chi connectivity index (χ2n) is 7.87. The Labute approximate surface area is 208 Å². The van der Waals surface area contributed by atoms with Gasteiger partial charge in [0.25, 0.3) is 0 Å². The smallest absolute Gasteiger partial charge is 0.234 e. The first kappa shape index (κ1) is 23.9. The van der Waals surface area contributed by atoms with Crippen LogP contribution >= 0.6 is 23.4 Å². The van der Waals surface area contributed by atoms with Crippen LogP contribution in [0.2, 0.25) is 5.02 Å². The molecule has 0 saturated heterocycles. The van der Waals surface area contributed by atoms with Crippen molar-refractivity contribution in [2.45, 2.75) is 32.2 Å². The summed E-state index contributed by atoms with van der Waals surface area (Å²) in [5.74, 6) is 1.51. The Morgan fingerprint density at radius 3 is 2.53 bits per heavy atom. The number of hydrogen-bond acceptors (Lipinski definition) is 5. The number of nitrogens with zero attached hydrogens (tertiary/aromatic N) is 3. The molecule has 0 bridgehead atoms. The van der Waals surface area contributed by atoms with Crippen LogP contribution in [-0.4, -0.2) is 26.4 Å². The highest BCUT2D eigenvalue weighted by molar-refractivity contribution is 7.99. The molecule has 174 valence electrons. The molecule has 1 aromatic heterocycles. The lowest BCUT2D eigenvalue weighted by Crippen LogP contribution is -2.15. The molecule has 6 nitrogen and oxygen atoms in total. The molecular weight excluding hydrogens is 468 g/mol. The molecule has 8 heteroatoms. The number of benzene rings is 3. The van der Waals surface area contributed by atoms with Crippen molar-refractivity contribution in [1.82, 2.24) is 14.8 Å². The molecule has 0 fully saturated rings. The fourth-order valence-electron chi connectivity index (χ4n) is 3.24. The number of thioether (sulfide) groups is 1. The van der Waals surface area contributed by atoms with Crippen molar-refractivity contribution in [3.8, 4) is 5.75 Å². The standard InChI is InChI=1S/C26H25ClN4O2S/c1-18-8-12-22(13-9-18)33-16-24-29-30-26(31(24)15-20-6-4-3-5-7-20)34-17-25(32)28-21-11-10-19(2)23(27)14-21/h3-14H,15-17H2,1-2H3,(H,28,32). The summed E-state index contributed by atoms with van der Waals surface area (Å²) in [5.41, 5.74) is 3.91. The summed E-state index contributed by atoms with van der Waals surface area (Å²) in [6, 6.07) is 23.4. The number of carbonyl (C=O) groups is 1. The first-order chi connectivity index (χ1) is 16.5. The summed E-state index contributed by atoms with van der Waals surface area (Å²) in [6.45, 7) is 4.81. The summed E-state index contributed by atoms with van der Waals surface area (Å²) in [5, 5.41) is 12.8. The molecule has 1 heterocycles. The van der Waals surface area contributed by atoms with Gasteiger partial charge in [-0.2, -0.15) is 0 Å². The number of carbonyl (C=O) groups excluding carboxylic acids is 1. The fourth-order valence-corrected chi connectivity index (χ4v) is 4.17. The second-order valence-corrected chi connectivity index (χ2v) is 9.22. The first-order valence-electron chi connectivity index (χ1n) is 10.8. The zero-order chi connectivity index (χ0) is 23.9. The fraction of sp³-hybridized carbons (Fsp3) is 0.192. The summed E-state index contributed by atoms with van der Waals surface area (Å²) in [7, 11) is 0. The predicted molar refractivity (Wildman–Crippen MR) is 137 cm³/mol. The molecule has 1 N–H and O–H groups in total. The van der Waals surface area contributed by atoms with Crippen LogP contribution < -0.4 is 10.1 Å².